The highest BCUT2D eigenvalue weighted by molar-refractivity contribution is 5.91. The standard InChI is InChI=1S/C32H33N7O4/c33-29-25-26(30(34)38-32(35)37-29)39(20-36-25)31-28(42-18-23-14-8-3-9-15-23)27(41-17-22-12-6-2-7-13-22)24(43-31)19-40-16-21-10-4-1-5-11-21/h1-15,20,24,27-28,31H,16-19H2,(H5,33,34,35,37,38)/t24-,27-,28-,31-/m1/s1. The maximum absolute atomic E-state index is 7.97. The fourth-order valence-corrected chi connectivity index (χ4v) is 5.20. The van der Waals surface area contributed by atoms with Crippen molar-refractivity contribution in [2.45, 2.75) is 44.4 Å². The Bertz CT molecular complexity index is 1700. The van der Waals surface area contributed by atoms with E-state index < -0.39 is 24.5 Å². The van der Waals surface area contributed by atoms with Crippen molar-refractivity contribution in [3.8, 4) is 0 Å². The van der Waals surface area contributed by atoms with Gasteiger partial charge in [0.05, 0.1) is 32.8 Å². The molecule has 0 spiro atoms. The SMILES string of the molecule is N=c1nc(N)c2ncn([C@@H]3O[C@H](COCc4ccccc4)[C@@H](OCc4ccccc4)[C@H]3OCc3ccccc3)c2c(N)n1. The molecule has 43 heavy (non-hydrogen) atoms. The first-order valence-electron chi connectivity index (χ1n) is 14.0. The molecule has 220 valence electrons. The molecule has 3 aromatic carbocycles. The van der Waals surface area contributed by atoms with E-state index in [4.69, 9.17) is 35.8 Å². The lowest BCUT2D eigenvalue weighted by atomic mass is 10.1. The van der Waals surface area contributed by atoms with Crippen LogP contribution in [-0.2, 0) is 38.8 Å². The molecule has 1 saturated heterocycles. The number of aromatic nitrogens is 4. The van der Waals surface area contributed by atoms with Crippen LogP contribution in [0.3, 0.4) is 0 Å². The molecule has 3 heterocycles. The summed E-state index contributed by atoms with van der Waals surface area (Å²) in [5.74, 6) is 0.0972. The maximum atomic E-state index is 7.97. The van der Waals surface area contributed by atoms with E-state index in [1.54, 1.807) is 10.9 Å². The summed E-state index contributed by atoms with van der Waals surface area (Å²) in [5, 5.41) is 7.97. The van der Waals surface area contributed by atoms with Crippen LogP contribution >= 0.6 is 0 Å². The monoisotopic (exact) mass is 579 g/mol. The van der Waals surface area contributed by atoms with Crippen molar-refractivity contribution in [1.29, 1.82) is 5.41 Å². The van der Waals surface area contributed by atoms with Gasteiger partial charge < -0.3 is 30.4 Å². The zero-order valence-electron chi connectivity index (χ0n) is 23.5. The van der Waals surface area contributed by atoms with Crippen molar-refractivity contribution in [3.05, 3.63) is 120 Å². The predicted octanol–water partition coefficient (Wildman–Crippen LogP) is 3.76. The highest BCUT2D eigenvalue weighted by Crippen LogP contribution is 2.38. The summed E-state index contributed by atoms with van der Waals surface area (Å²) >= 11 is 0. The molecule has 5 aromatic rings. The number of nitrogen functional groups attached to an aromatic ring is 2. The van der Waals surface area contributed by atoms with Crippen molar-refractivity contribution in [2.75, 3.05) is 18.1 Å². The topological polar surface area (TPSA) is 156 Å². The van der Waals surface area contributed by atoms with Gasteiger partial charge in [0.15, 0.2) is 17.9 Å². The maximum Gasteiger partial charge on any atom is 0.245 e. The molecule has 1 fully saturated rings. The third kappa shape index (κ3) is 6.55. The molecule has 2 aromatic heterocycles. The van der Waals surface area contributed by atoms with Crippen LogP contribution < -0.4 is 17.1 Å². The highest BCUT2D eigenvalue weighted by atomic mass is 16.6. The van der Waals surface area contributed by atoms with Gasteiger partial charge in [0, 0.05) is 0 Å². The average molecular weight is 580 g/mol. The molecule has 4 atom stereocenters. The number of imidazole rings is 1. The molecule has 6 rings (SSSR count). The minimum Gasteiger partial charge on any atom is -0.382 e. The van der Waals surface area contributed by atoms with Gasteiger partial charge >= 0.3 is 0 Å². The van der Waals surface area contributed by atoms with Gasteiger partial charge in [-0.1, -0.05) is 91.0 Å². The summed E-state index contributed by atoms with van der Waals surface area (Å²) < 4.78 is 27.7. The molecule has 0 unspecified atom stereocenters. The van der Waals surface area contributed by atoms with Crippen LogP contribution in [0.5, 0.6) is 0 Å². The number of rotatable bonds is 11. The minimum atomic E-state index is -0.722. The quantitative estimate of drug-likeness (QED) is 0.212. The second kappa shape index (κ2) is 13.1. The van der Waals surface area contributed by atoms with E-state index in [9.17, 15) is 0 Å². The van der Waals surface area contributed by atoms with Gasteiger partial charge in [-0.25, -0.2) is 4.98 Å². The van der Waals surface area contributed by atoms with Crippen molar-refractivity contribution >= 4 is 22.7 Å². The van der Waals surface area contributed by atoms with E-state index in [2.05, 4.69) is 15.0 Å². The number of nitrogens with two attached hydrogens (primary N) is 2. The van der Waals surface area contributed by atoms with Gasteiger partial charge in [-0.2, -0.15) is 9.97 Å². The first kappa shape index (κ1) is 28.4. The average Bonchev–Trinajstić information content (AvgIpc) is 3.59. The first-order chi connectivity index (χ1) is 21.1. The van der Waals surface area contributed by atoms with Gasteiger partial charge in [0.2, 0.25) is 5.62 Å². The Morgan fingerprint density at radius 2 is 1.26 bits per heavy atom. The molecule has 0 radical (unpaired) electrons. The molecule has 0 amide bonds. The summed E-state index contributed by atoms with van der Waals surface area (Å²) in [5.41, 5.74) is 16.0. The largest absolute Gasteiger partial charge is 0.382 e. The van der Waals surface area contributed by atoms with Gasteiger partial charge in [-0.15, -0.1) is 0 Å². The van der Waals surface area contributed by atoms with Crippen LogP contribution in [0, 0.1) is 5.41 Å². The first-order valence-corrected chi connectivity index (χ1v) is 14.0. The third-order valence-corrected chi connectivity index (χ3v) is 7.26. The Balaban J connectivity index is 1.35. The number of benzene rings is 3. The van der Waals surface area contributed by atoms with Gasteiger partial charge in [0.25, 0.3) is 0 Å². The van der Waals surface area contributed by atoms with E-state index in [1.807, 2.05) is 91.0 Å². The highest BCUT2D eigenvalue weighted by Gasteiger charge is 2.48. The number of nitrogens with one attached hydrogen (secondary N) is 1. The Morgan fingerprint density at radius 1 is 0.721 bits per heavy atom. The molecule has 11 nitrogen and oxygen atoms in total. The number of anilines is 2. The number of fused-ring (bicyclic) bond motifs is 1. The number of nitrogens with zero attached hydrogens (tertiary/aromatic N) is 4. The zero-order valence-corrected chi connectivity index (χ0v) is 23.5. The molecular weight excluding hydrogens is 546 g/mol. The van der Waals surface area contributed by atoms with Crippen molar-refractivity contribution in [3.63, 3.8) is 0 Å². The van der Waals surface area contributed by atoms with Crippen LogP contribution in [0.1, 0.15) is 22.9 Å². The summed E-state index contributed by atoms with van der Waals surface area (Å²) in [4.78, 5) is 12.5. The van der Waals surface area contributed by atoms with E-state index >= 15 is 0 Å². The fraction of sp³-hybridized carbons (Fsp3) is 0.250. The van der Waals surface area contributed by atoms with Crippen LogP contribution in [-0.4, -0.2) is 44.4 Å². The van der Waals surface area contributed by atoms with Crippen LogP contribution in [0.15, 0.2) is 97.3 Å². The Kier molecular flexibility index (Phi) is 8.66. The van der Waals surface area contributed by atoms with Crippen molar-refractivity contribution in [1.82, 2.24) is 19.5 Å². The normalized spacial score (nSPS) is 20.0. The van der Waals surface area contributed by atoms with Gasteiger partial charge in [-0.05, 0) is 16.7 Å². The summed E-state index contributed by atoms with van der Waals surface area (Å²) in [7, 11) is 0. The Hall–Kier alpha value is -4.68. The van der Waals surface area contributed by atoms with Crippen molar-refractivity contribution < 1.29 is 18.9 Å². The molecule has 0 aliphatic carbocycles. The van der Waals surface area contributed by atoms with Gasteiger partial charge in [0.1, 0.15) is 29.3 Å². The molecule has 11 heteroatoms. The predicted molar refractivity (Wildman–Crippen MR) is 160 cm³/mol. The van der Waals surface area contributed by atoms with Gasteiger partial charge in [-0.3, -0.25) is 9.98 Å². The summed E-state index contributed by atoms with van der Waals surface area (Å²) in [6.07, 6.45) is -0.753. The lowest BCUT2D eigenvalue weighted by molar-refractivity contribution is -0.0913. The van der Waals surface area contributed by atoms with Crippen LogP contribution in [0.25, 0.3) is 11.0 Å². The Labute approximate surface area is 248 Å². The third-order valence-electron chi connectivity index (χ3n) is 7.26. The van der Waals surface area contributed by atoms with Crippen LogP contribution in [0.4, 0.5) is 11.6 Å². The zero-order chi connectivity index (χ0) is 29.6. The second-order valence-electron chi connectivity index (χ2n) is 10.3. The van der Waals surface area contributed by atoms with E-state index in [1.165, 1.54) is 0 Å². The Morgan fingerprint density at radius 3 is 1.86 bits per heavy atom. The lowest BCUT2D eigenvalue weighted by Gasteiger charge is -2.25. The molecule has 1 aliphatic heterocycles. The van der Waals surface area contributed by atoms with E-state index in [-0.39, 0.29) is 23.9 Å². The molecular formula is C32H33N7O4. The van der Waals surface area contributed by atoms with E-state index in [0.29, 0.717) is 30.9 Å². The molecule has 1 aliphatic rings. The molecule has 0 saturated carbocycles. The second-order valence-corrected chi connectivity index (χ2v) is 10.3. The number of ether oxygens (including phenoxy) is 4. The van der Waals surface area contributed by atoms with Crippen LogP contribution in [0.2, 0.25) is 0 Å². The fourth-order valence-electron chi connectivity index (χ4n) is 5.20. The smallest absolute Gasteiger partial charge is 0.245 e. The summed E-state index contributed by atoms with van der Waals surface area (Å²) in [6.45, 7) is 1.35. The molecule has 0 bridgehead atoms. The minimum absolute atomic E-state index is 0.0438. The lowest BCUT2D eigenvalue weighted by Crippen LogP contribution is -2.38. The van der Waals surface area contributed by atoms with Crippen molar-refractivity contribution in [2.24, 2.45) is 0 Å². The number of hydrogen-bond acceptors (Lipinski definition) is 10. The van der Waals surface area contributed by atoms with E-state index in [0.717, 1.165) is 16.7 Å². The molecule has 5 N–H and O–H groups in total. The number of hydrogen-bond donors (Lipinski definition) is 3. The summed E-state index contributed by atoms with van der Waals surface area (Å²) in [6, 6.07) is 29.8.